The molecule has 1 heteroatoms. The van der Waals surface area contributed by atoms with Crippen molar-refractivity contribution in [3.63, 3.8) is 0 Å². The van der Waals surface area contributed by atoms with Crippen molar-refractivity contribution in [2.45, 2.75) is 39.5 Å². The van der Waals surface area contributed by atoms with Crippen LogP contribution >= 0.6 is 0 Å². The molecule has 0 aromatic heterocycles. The van der Waals surface area contributed by atoms with Crippen LogP contribution in [0, 0.1) is 10.8 Å². The third kappa shape index (κ3) is 0.518. The van der Waals surface area contributed by atoms with Crippen LogP contribution in [0.4, 0.5) is 0 Å². The molecule has 0 radical (unpaired) electrons. The Hall–Kier alpha value is -0.330. The van der Waals surface area contributed by atoms with Crippen LogP contribution in [0.15, 0.2) is 0 Å². The third-order valence-electron chi connectivity index (χ3n) is 3.70. The standard InChI is InChI=1S/C9H14O/c1-8-5-3-4-7(10)9(8,2)6-8/h3-6H2,1-2H3/t8-,9-/m0/s1. The molecule has 0 aromatic carbocycles. The molecule has 0 amide bonds. The second-order valence-electron chi connectivity index (χ2n) is 4.35. The van der Waals surface area contributed by atoms with Gasteiger partial charge in [0.15, 0.2) is 0 Å². The highest BCUT2D eigenvalue weighted by Crippen LogP contribution is 2.69. The molecule has 0 bridgehead atoms. The van der Waals surface area contributed by atoms with Gasteiger partial charge in [-0.3, -0.25) is 4.79 Å². The minimum atomic E-state index is 0.102. The Balaban J connectivity index is 2.28. The zero-order valence-electron chi connectivity index (χ0n) is 6.74. The molecule has 0 saturated heterocycles. The molecule has 0 N–H and O–H groups in total. The second kappa shape index (κ2) is 1.46. The van der Waals surface area contributed by atoms with Gasteiger partial charge in [0.2, 0.25) is 0 Å². The number of hydrogen-bond acceptors (Lipinski definition) is 1. The lowest BCUT2D eigenvalue weighted by molar-refractivity contribution is -0.126. The van der Waals surface area contributed by atoms with E-state index in [2.05, 4.69) is 13.8 Å². The molecule has 2 aliphatic rings. The van der Waals surface area contributed by atoms with Crippen molar-refractivity contribution >= 4 is 5.78 Å². The Morgan fingerprint density at radius 2 is 2.10 bits per heavy atom. The van der Waals surface area contributed by atoms with Crippen LogP contribution in [0.1, 0.15) is 39.5 Å². The summed E-state index contributed by atoms with van der Waals surface area (Å²) in [6.07, 6.45) is 4.39. The zero-order valence-corrected chi connectivity index (χ0v) is 6.74. The Morgan fingerprint density at radius 3 is 2.60 bits per heavy atom. The lowest BCUT2D eigenvalue weighted by Crippen LogP contribution is -2.23. The zero-order chi connectivity index (χ0) is 7.41. The van der Waals surface area contributed by atoms with E-state index in [1.165, 1.54) is 6.42 Å². The van der Waals surface area contributed by atoms with Crippen molar-refractivity contribution in [1.82, 2.24) is 0 Å². The van der Waals surface area contributed by atoms with E-state index in [0.717, 1.165) is 19.3 Å². The number of carbonyl (C=O) groups excluding carboxylic acids is 1. The van der Waals surface area contributed by atoms with Gasteiger partial charge in [-0.25, -0.2) is 0 Å². The largest absolute Gasteiger partial charge is 0.299 e. The van der Waals surface area contributed by atoms with Gasteiger partial charge >= 0.3 is 0 Å². The molecular weight excluding hydrogens is 124 g/mol. The van der Waals surface area contributed by atoms with E-state index in [9.17, 15) is 4.79 Å². The second-order valence-corrected chi connectivity index (χ2v) is 4.35. The fourth-order valence-corrected chi connectivity index (χ4v) is 2.45. The molecule has 2 atom stereocenters. The van der Waals surface area contributed by atoms with Crippen molar-refractivity contribution in [1.29, 1.82) is 0 Å². The van der Waals surface area contributed by atoms with E-state index < -0.39 is 0 Å². The van der Waals surface area contributed by atoms with Crippen molar-refractivity contribution < 1.29 is 4.79 Å². The van der Waals surface area contributed by atoms with Gasteiger partial charge in [-0.2, -0.15) is 0 Å². The molecule has 0 spiro atoms. The molecular formula is C9H14O. The van der Waals surface area contributed by atoms with Crippen LogP contribution in [0.2, 0.25) is 0 Å². The molecule has 1 nitrogen and oxygen atoms in total. The van der Waals surface area contributed by atoms with Gasteiger partial charge in [-0.05, 0) is 24.7 Å². The summed E-state index contributed by atoms with van der Waals surface area (Å²) in [7, 11) is 0. The monoisotopic (exact) mass is 138 g/mol. The quantitative estimate of drug-likeness (QED) is 0.501. The Labute approximate surface area is 61.8 Å². The van der Waals surface area contributed by atoms with E-state index in [0.29, 0.717) is 11.2 Å². The molecule has 0 heterocycles. The van der Waals surface area contributed by atoms with Crippen molar-refractivity contribution in [2.75, 3.05) is 0 Å². The van der Waals surface area contributed by atoms with E-state index in [4.69, 9.17) is 0 Å². The molecule has 2 fully saturated rings. The van der Waals surface area contributed by atoms with E-state index >= 15 is 0 Å². The molecule has 10 heavy (non-hydrogen) atoms. The molecule has 2 aliphatic carbocycles. The minimum absolute atomic E-state index is 0.102. The summed E-state index contributed by atoms with van der Waals surface area (Å²) in [5, 5.41) is 0. The summed E-state index contributed by atoms with van der Waals surface area (Å²) in [5.74, 6) is 0.515. The summed E-state index contributed by atoms with van der Waals surface area (Å²) < 4.78 is 0. The summed E-state index contributed by atoms with van der Waals surface area (Å²) in [6, 6.07) is 0. The average molecular weight is 138 g/mol. The maximum atomic E-state index is 11.4. The number of Topliss-reactive ketones (excluding diaryl/α,β-unsaturated/α-hetero) is 1. The number of rotatable bonds is 0. The summed E-state index contributed by atoms with van der Waals surface area (Å²) in [6.45, 7) is 4.39. The predicted octanol–water partition coefficient (Wildman–Crippen LogP) is 2.16. The number of carbonyl (C=O) groups is 1. The summed E-state index contributed by atoms with van der Waals surface area (Å²) in [4.78, 5) is 11.4. The Kier molecular flexibility index (Phi) is 0.934. The average Bonchev–Trinajstić information content (AvgIpc) is 2.38. The molecule has 0 unspecified atom stereocenters. The van der Waals surface area contributed by atoms with Gasteiger partial charge in [-0.15, -0.1) is 0 Å². The van der Waals surface area contributed by atoms with Gasteiger partial charge in [0.25, 0.3) is 0 Å². The summed E-state index contributed by atoms with van der Waals surface area (Å²) >= 11 is 0. The molecule has 2 saturated carbocycles. The normalized spacial score (nSPS) is 52.4. The number of hydrogen-bond donors (Lipinski definition) is 0. The van der Waals surface area contributed by atoms with E-state index in [1.807, 2.05) is 0 Å². The SMILES string of the molecule is C[C@@]12CCCC(=O)[C@]1(C)C2. The van der Waals surface area contributed by atoms with Gasteiger partial charge in [0.05, 0.1) is 0 Å². The molecule has 56 valence electrons. The number of fused-ring (bicyclic) bond motifs is 1. The van der Waals surface area contributed by atoms with Crippen molar-refractivity contribution in [2.24, 2.45) is 10.8 Å². The van der Waals surface area contributed by atoms with Crippen molar-refractivity contribution in [3.05, 3.63) is 0 Å². The summed E-state index contributed by atoms with van der Waals surface area (Å²) in [5.41, 5.74) is 0.508. The third-order valence-corrected chi connectivity index (χ3v) is 3.70. The van der Waals surface area contributed by atoms with Crippen LogP contribution in [0.25, 0.3) is 0 Å². The van der Waals surface area contributed by atoms with Crippen molar-refractivity contribution in [3.8, 4) is 0 Å². The topological polar surface area (TPSA) is 17.1 Å². The maximum absolute atomic E-state index is 11.4. The minimum Gasteiger partial charge on any atom is -0.299 e. The van der Waals surface area contributed by atoms with Gasteiger partial charge in [-0.1, -0.05) is 13.8 Å². The fourth-order valence-electron chi connectivity index (χ4n) is 2.45. The first-order valence-corrected chi connectivity index (χ1v) is 4.12. The van der Waals surface area contributed by atoms with Gasteiger partial charge < -0.3 is 0 Å². The first kappa shape index (κ1) is 6.38. The lowest BCUT2D eigenvalue weighted by atomic mass is 9.81. The van der Waals surface area contributed by atoms with E-state index in [1.54, 1.807) is 0 Å². The number of ketones is 1. The molecule has 2 rings (SSSR count). The van der Waals surface area contributed by atoms with Crippen LogP contribution < -0.4 is 0 Å². The van der Waals surface area contributed by atoms with Gasteiger partial charge in [0.1, 0.15) is 5.78 Å². The van der Waals surface area contributed by atoms with Gasteiger partial charge in [0, 0.05) is 11.8 Å². The maximum Gasteiger partial charge on any atom is 0.139 e. The first-order chi connectivity index (χ1) is 4.58. The Bertz CT molecular complexity index is 197. The lowest BCUT2D eigenvalue weighted by Gasteiger charge is -2.22. The highest BCUT2D eigenvalue weighted by molar-refractivity contribution is 5.89. The fraction of sp³-hybridized carbons (Fsp3) is 0.889. The van der Waals surface area contributed by atoms with Crippen LogP contribution in [-0.4, -0.2) is 5.78 Å². The molecule has 0 aliphatic heterocycles. The van der Waals surface area contributed by atoms with Crippen LogP contribution in [-0.2, 0) is 4.79 Å². The predicted molar refractivity (Wildman–Crippen MR) is 39.7 cm³/mol. The smallest absolute Gasteiger partial charge is 0.139 e. The van der Waals surface area contributed by atoms with Crippen LogP contribution in [0.3, 0.4) is 0 Å². The van der Waals surface area contributed by atoms with Crippen LogP contribution in [0.5, 0.6) is 0 Å². The van der Waals surface area contributed by atoms with E-state index in [-0.39, 0.29) is 5.41 Å². The molecule has 0 aromatic rings. The first-order valence-electron chi connectivity index (χ1n) is 4.12. The highest BCUT2D eigenvalue weighted by atomic mass is 16.1. The Morgan fingerprint density at radius 1 is 1.40 bits per heavy atom. The highest BCUT2D eigenvalue weighted by Gasteiger charge is 2.65.